The Kier molecular flexibility index (Phi) is 2.68. The number of hydrogen-bond donors (Lipinski definition) is 0. The third-order valence-electron chi connectivity index (χ3n) is 4.85. The molecule has 0 fully saturated rings. The van der Waals surface area contributed by atoms with Crippen molar-refractivity contribution < 1.29 is 4.79 Å². The molecule has 1 aliphatic carbocycles. The number of ketones is 1. The Morgan fingerprint density at radius 1 is 1.24 bits per heavy atom. The quantitative estimate of drug-likeness (QED) is 0.660. The van der Waals surface area contributed by atoms with Crippen LogP contribution >= 0.6 is 0 Å². The zero-order chi connectivity index (χ0) is 13.0. The van der Waals surface area contributed by atoms with E-state index in [0.29, 0.717) is 11.8 Å². The lowest BCUT2D eigenvalue weighted by Gasteiger charge is -2.27. The van der Waals surface area contributed by atoms with Gasteiger partial charge >= 0.3 is 0 Å². The van der Waals surface area contributed by atoms with Gasteiger partial charge in [0, 0.05) is 5.56 Å². The Balaban J connectivity index is 2.68. The van der Waals surface area contributed by atoms with Crippen LogP contribution in [0.15, 0.2) is 12.1 Å². The Morgan fingerprint density at radius 3 is 2.35 bits per heavy atom. The van der Waals surface area contributed by atoms with Crippen LogP contribution in [0.25, 0.3) is 0 Å². The molecule has 0 aromatic heterocycles. The highest BCUT2D eigenvalue weighted by Crippen LogP contribution is 2.50. The van der Waals surface area contributed by atoms with Crippen LogP contribution in [0.3, 0.4) is 0 Å². The molecule has 1 aliphatic rings. The summed E-state index contributed by atoms with van der Waals surface area (Å²) in [5.41, 5.74) is 5.03. The van der Waals surface area contributed by atoms with Gasteiger partial charge in [-0.3, -0.25) is 4.79 Å². The van der Waals surface area contributed by atoms with E-state index in [1.54, 1.807) is 6.92 Å². The van der Waals surface area contributed by atoms with Gasteiger partial charge in [-0.05, 0) is 53.9 Å². The van der Waals surface area contributed by atoms with Crippen molar-refractivity contribution in [3.63, 3.8) is 0 Å². The van der Waals surface area contributed by atoms with E-state index in [4.69, 9.17) is 0 Å². The summed E-state index contributed by atoms with van der Waals surface area (Å²) in [5, 5.41) is 0. The minimum Gasteiger partial charge on any atom is -0.295 e. The first kappa shape index (κ1) is 12.3. The molecule has 0 aliphatic heterocycles. The first-order chi connectivity index (χ1) is 7.76. The molecule has 92 valence electrons. The number of hydrogen-bond acceptors (Lipinski definition) is 1. The standard InChI is InChI=1S/C16H22O/c1-9-7-15-14(8-13(9)12(4)17)10(2)11(3)16(15,5)6/h7-8,10-11H,1-6H3/t10-,11-/m1/s1. The minimum absolute atomic E-state index is 0.176. The molecule has 0 unspecified atom stereocenters. The Labute approximate surface area is 104 Å². The normalized spacial score (nSPS) is 25.8. The van der Waals surface area contributed by atoms with E-state index in [1.807, 2.05) is 6.92 Å². The van der Waals surface area contributed by atoms with Gasteiger partial charge in [-0.1, -0.05) is 33.8 Å². The van der Waals surface area contributed by atoms with Crippen LogP contribution in [-0.2, 0) is 5.41 Å². The second kappa shape index (κ2) is 3.69. The first-order valence-electron chi connectivity index (χ1n) is 6.42. The van der Waals surface area contributed by atoms with Gasteiger partial charge in [0.25, 0.3) is 0 Å². The van der Waals surface area contributed by atoms with Crippen molar-refractivity contribution >= 4 is 5.78 Å². The van der Waals surface area contributed by atoms with Gasteiger partial charge in [-0.15, -0.1) is 0 Å². The van der Waals surface area contributed by atoms with E-state index in [9.17, 15) is 4.79 Å². The summed E-state index contributed by atoms with van der Waals surface area (Å²) in [7, 11) is 0. The lowest BCUT2D eigenvalue weighted by molar-refractivity contribution is 0.101. The molecule has 0 spiro atoms. The van der Waals surface area contributed by atoms with Gasteiger partial charge in [0.1, 0.15) is 0 Å². The summed E-state index contributed by atoms with van der Waals surface area (Å²) in [4.78, 5) is 11.6. The first-order valence-corrected chi connectivity index (χ1v) is 6.42. The van der Waals surface area contributed by atoms with Crippen LogP contribution < -0.4 is 0 Å². The van der Waals surface area contributed by atoms with Crippen molar-refractivity contribution in [1.82, 2.24) is 0 Å². The summed E-state index contributed by atoms with van der Waals surface area (Å²) in [6, 6.07) is 4.36. The number of Topliss-reactive ketones (excluding diaryl/α,β-unsaturated/α-hetero) is 1. The van der Waals surface area contributed by atoms with Crippen LogP contribution in [0.5, 0.6) is 0 Å². The van der Waals surface area contributed by atoms with Gasteiger partial charge in [0.05, 0.1) is 0 Å². The highest BCUT2D eigenvalue weighted by Gasteiger charge is 2.41. The van der Waals surface area contributed by atoms with Crippen molar-refractivity contribution in [2.24, 2.45) is 5.92 Å². The Hall–Kier alpha value is -1.11. The molecule has 0 saturated heterocycles. The largest absolute Gasteiger partial charge is 0.295 e. The molecule has 0 N–H and O–H groups in total. The molecule has 2 rings (SSSR count). The van der Waals surface area contributed by atoms with Gasteiger partial charge in [0.15, 0.2) is 5.78 Å². The monoisotopic (exact) mass is 230 g/mol. The van der Waals surface area contributed by atoms with Crippen molar-refractivity contribution in [2.45, 2.75) is 52.9 Å². The number of aryl methyl sites for hydroxylation is 1. The summed E-state index contributed by atoms with van der Waals surface area (Å²) < 4.78 is 0. The lowest BCUT2D eigenvalue weighted by Crippen LogP contribution is -2.22. The summed E-state index contributed by atoms with van der Waals surface area (Å²) >= 11 is 0. The number of carbonyl (C=O) groups excluding carboxylic acids is 1. The molecule has 17 heavy (non-hydrogen) atoms. The predicted octanol–water partition coefficient (Wildman–Crippen LogP) is 4.23. The second-order valence-electron chi connectivity index (χ2n) is 6.11. The summed E-state index contributed by atoms with van der Waals surface area (Å²) in [6.07, 6.45) is 0. The van der Waals surface area contributed by atoms with Crippen LogP contribution in [0.1, 0.15) is 67.6 Å². The molecule has 0 amide bonds. The topological polar surface area (TPSA) is 17.1 Å². The van der Waals surface area contributed by atoms with Crippen LogP contribution in [0.4, 0.5) is 0 Å². The number of carbonyl (C=O) groups is 1. The van der Waals surface area contributed by atoms with Crippen molar-refractivity contribution in [3.8, 4) is 0 Å². The molecule has 0 radical (unpaired) electrons. The van der Waals surface area contributed by atoms with E-state index < -0.39 is 0 Å². The molecule has 2 atom stereocenters. The van der Waals surface area contributed by atoms with Gasteiger partial charge in [-0.25, -0.2) is 0 Å². The van der Waals surface area contributed by atoms with E-state index in [1.165, 1.54) is 11.1 Å². The molecule has 0 heterocycles. The SMILES string of the molecule is CC(=O)c1cc2c(cc1C)C(C)(C)[C@H](C)[C@H]2C. The van der Waals surface area contributed by atoms with Crippen LogP contribution in [-0.4, -0.2) is 5.78 Å². The Bertz CT molecular complexity index is 483. The molecule has 0 saturated carbocycles. The second-order valence-corrected chi connectivity index (χ2v) is 6.11. The summed E-state index contributed by atoms with van der Waals surface area (Å²) in [5.74, 6) is 1.34. The molecule has 0 bridgehead atoms. The number of fused-ring (bicyclic) bond motifs is 1. The fourth-order valence-corrected chi connectivity index (χ4v) is 3.18. The van der Waals surface area contributed by atoms with Gasteiger partial charge < -0.3 is 0 Å². The highest BCUT2D eigenvalue weighted by atomic mass is 16.1. The van der Waals surface area contributed by atoms with Crippen molar-refractivity contribution in [2.75, 3.05) is 0 Å². The smallest absolute Gasteiger partial charge is 0.160 e. The number of rotatable bonds is 1. The third kappa shape index (κ3) is 1.64. The maximum Gasteiger partial charge on any atom is 0.160 e. The summed E-state index contributed by atoms with van der Waals surface area (Å²) in [6.45, 7) is 12.9. The molecule has 1 heteroatoms. The molecular formula is C16H22O. The minimum atomic E-state index is 0.176. The molecule has 1 nitrogen and oxygen atoms in total. The predicted molar refractivity (Wildman–Crippen MR) is 71.8 cm³/mol. The van der Waals surface area contributed by atoms with E-state index in [-0.39, 0.29) is 11.2 Å². The third-order valence-corrected chi connectivity index (χ3v) is 4.85. The van der Waals surface area contributed by atoms with Crippen LogP contribution in [0, 0.1) is 12.8 Å². The zero-order valence-electron chi connectivity index (χ0n) is 11.7. The average molecular weight is 230 g/mol. The van der Waals surface area contributed by atoms with Crippen molar-refractivity contribution in [1.29, 1.82) is 0 Å². The maximum atomic E-state index is 11.6. The Morgan fingerprint density at radius 2 is 1.82 bits per heavy atom. The maximum absolute atomic E-state index is 11.6. The van der Waals surface area contributed by atoms with Crippen LogP contribution in [0.2, 0.25) is 0 Å². The number of benzene rings is 1. The van der Waals surface area contributed by atoms with E-state index in [0.717, 1.165) is 11.1 Å². The fraction of sp³-hybridized carbons (Fsp3) is 0.562. The average Bonchev–Trinajstić information content (AvgIpc) is 2.40. The molecular weight excluding hydrogens is 208 g/mol. The van der Waals surface area contributed by atoms with E-state index >= 15 is 0 Å². The van der Waals surface area contributed by atoms with Gasteiger partial charge in [0.2, 0.25) is 0 Å². The molecule has 1 aromatic rings. The highest BCUT2D eigenvalue weighted by molar-refractivity contribution is 5.96. The van der Waals surface area contributed by atoms with E-state index in [2.05, 4.69) is 39.8 Å². The van der Waals surface area contributed by atoms with Crippen molar-refractivity contribution in [3.05, 3.63) is 34.4 Å². The zero-order valence-corrected chi connectivity index (χ0v) is 11.7. The molecule has 1 aromatic carbocycles. The van der Waals surface area contributed by atoms with Gasteiger partial charge in [-0.2, -0.15) is 0 Å². The fourth-order valence-electron chi connectivity index (χ4n) is 3.18. The lowest BCUT2D eigenvalue weighted by atomic mass is 9.77.